The molecule has 0 radical (unpaired) electrons. The van der Waals surface area contributed by atoms with Gasteiger partial charge < -0.3 is 0 Å². The smallest absolute Gasteiger partial charge is 0.00264 e. The lowest BCUT2D eigenvalue weighted by Crippen LogP contribution is -1.99. The predicted octanol–water partition coefficient (Wildman–Crippen LogP) is 5.29. The molecule has 4 rings (SSSR count). The third-order valence-corrected chi connectivity index (χ3v) is 5.03. The second kappa shape index (κ2) is 4.94. The van der Waals surface area contributed by atoms with Crippen molar-refractivity contribution in [3.63, 3.8) is 0 Å². The molecule has 100 valence electrons. The standard InChI is InChI=1S/C20H20/c1-3-7-15(8-4-1)17-11-19-13-18(14-20(19)12-17)16-9-5-2-6-10-16/h1-11,17-18,20H,12-14H2. The first kappa shape index (κ1) is 12.0. The molecule has 0 amide bonds. The number of benzene rings is 2. The molecule has 3 unspecified atom stereocenters. The maximum absolute atomic E-state index is 2.56. The van der Waals surface area contributed by atoms with Crippen molar-refractivity contribution in [2.24, 2.45) is 5.92 Å². The molecule has 20 heavy (non-hydrogen) atoms. The lowest BCUT2D eigenvalue weighted by atomic mass is 9.91. The zero-order valence-corrected chi connectivity index (χ0v) is 11.7. The van der Waals surface area contributed by atoms with E-state index in [9.17, 15) is 0 Å². The molecule has 0 aromatic heterocycles. The van der Waals surface area contributed by atoms with Crippen LogP contribution in [-0.2, 0) is 0 Å². The summed E-state index contributed by atoms with van der Waals surface area (Å²) >= 11 is 0. The molecule has 1 saturated carbocycles. The largest absolute Gasteiger partial charge is 0.0775 e. The number of fused-ring (bicyclic) bond motifs is 1. The Morgan fingerprint density at radius 1 is 0.650 bits per heavy atom. The Labute approximate surface area is 121 Å². The van der Waals surface area contributed by atoms with Crippen LogP contribution in [0.5, 0.6) is 0 Å². The Hall–Kier alpha value is -1.82. The van der Waals surface area contributed by atoms with Crippen molar-refractivity contribution >= 4 is 0 Å². The van der Waals surface area contributed by atoms with Gasteiger partial charge in [-0.05, 0) is 42.2 Å². The van der Waals surface area contributed by atoms with Crippen molar-refractivity contribution in [3.05, 3.63) is 83.4 Å². The Morgan fingerprint density at radius 3 is 1.95 bits per heavy atom. The van der Waals surface area contributed by atoms with Gasteiger partial charge in [-0.3, -0.25) is 0 Å². The minimum atomic E-state index is 0.660. The van der Waals surface area contributed by atoms with Crippen molar-refractivity contribution in [2.45, 2.75) is 31.1 Å². The van der Waals surface area contributed by atoms with Crippen molar-refractivity contribution in [1.29, 1.82) is 0 Å². The average molecular weight is 260 g/mol. The summed E-state index contributed by atoms with van der Waals surface area (Å²) in [5.41, 5.74) is 4.73. The third-order valence-electron chi connectivity index (χ3n) is 5.03. The summed E-state index contributed by atoms with van der Waals surface area (Å²) in [6.45, 7) is 0. The molecule has 0 bridgehead atoms. The number of hydrogen-bond acceptors (Lipinski definition) is 0. The number of allylic oxidation sites excluding steroid dienone is 2. The molecular weight excluding hydrogens is 240 g/mol. The first-order valence-electron chi connectivity index (χ1n) is 7.70. The maximum atomic E-state index is 2.56. The van der Waals surface area contributed by atoms with Crippen LogP contribution in [0.15, 0.2) is 72.3 Å². The monoisotopic (exact) mass is 260 g/mol. The molecule has 0 aliphatic heterocycles. The summed E-state index contributed by atoms with van der Waals surface area (Å²) in [7, 11) is 0. The van der Waals surface area contributed by atoms with E-state index in [1.54, 1.807) is 5.57 Å². The van der Waals surface area contributed by atoms with Gasteiger partial charge in [-0.15, -0.1) is 0 Å². The zero-order chi connectivity index (χ0) is 13.4. The van der Waals surface area contributed by atoms with Crippen LogP contribution in [0.2, 0.25) is 0 Å². The van der Waals surface area contributed by atoms with E-state index >= 15 is 0 Å². The maximum Gasteiger partial charge on any atom is 0.00264 e. The molecule has 0 N–H and O–H groups in total. The van der Waals surface area contributed by atoms with Crippen molar-refractivity contribution in [3.8, 4) is 0 Å². The summed E-state index contributed by atoms with van der Waals surface area (Å²) < 4.78 is 0. The van der Waals surface area contributed by atoms with Crippen LogP contribution in [-0.4, -0.2) is 0 Å². The van der Waals surface area contributed by atoms with E-state index in [1.165, 1.54) is 30.4 Å². The highest BCUT2D eigenvalue weighted by molar-refractivity contribution is 5.35. The summed E-state index contributed by atoms with van der Waals surface area (Å²) in [6.07, 6.45) is 6.50. The van der Waals surface area contributed by atoms with E-state index in [2.05, 4.69) is 66.7 Å². The summed E-state index contributed by atoms with van der Waals surface area (Å²) in [6, 6.07) is 22.0. The van der Waals surface area contributed by atoms with Gasteiger partial charge >= 0.3 is 0 Å². The third kappa shape index (κ3) is 2.10. The van der Waals surface area contributed by atoms with Gasteiger partial charge in [0.05, 0.1) is 0 Å². The molecule has 0 nitrogen and oxygen atoms in total. The lowest BCUT2D eigenvalue weighted by Gasteiger charge is -2.14. The van der Waals surface area contributed by atoms with Gasteiger partial charge in [0.2, 0.25) is 0 Å². The molecule has 0 spiro atoms. The molecule has 1 fully saturated rings. The van der Waals surface area contributed by atoms with Crippen LogP contribution in [0.4, 0.5) is 0 Å². The molecular formula is C20H20. The summed E-state index contributed by atoms with van der Waals surface area (Å²) in [5, 5.41) is 0. The van der Waals surface area contributed by atoms with E-state index < -0.39 is 0 Å². The second-order valence-corrected chi connectivity index (χ2v) is 6.24. The molecule has 2 aromatic rings. The van der Waals surface area contributed by atoms with Gasteiger partial charge in [0.15, 0.2) is 0 Å². The lowest BCUT2D eigenvalue weighted by molar-refractivity contribution is 0.547. The van der Waals surface area contributed by atoms with Gasteiger partial charge in [-0.2, -0.15) is 0 Å². The van der Waals surface area contributed by atoms with Crippen molar-refractivity contribution in [2.75, 3.05) is 0 Å². The Bertz CT molecular complexity index is 609. The van der Waals surface area contributed by atoms with Crippen LogP contribution in [0.25, 0.3) is 0 Å². The number of hydrogen-bond donors (Lipinski definition) is 0. The van der Waals surface area contributed by atoms with Gasteiger partial charge in [0.1, 0.15) is 0 Å². The summed E-state index contributed by atoms with van der Waals surface area (Å²) in [4.78, 5) is 0. The Kier molecular flexibility index (Phi) is 2.95. The molecule has 2 aliphatic rings. The van der Waals surface area contributed by atoms with Crippen LogP contribution < -0.4 is 0 Å². The van der Waals surface area contributed by atoms with Gasteiger partial charge in [-0.25, -0.2) is 0 Å². The SMILES string of the molecule is C1=C2CC(c3ccccc3)CC2CC1c1ccccc1. The van der Waals surface area contributed by atoms with Gasteiger partial charge in [-0.1, -0.05) is 72.3 Å². The van der Waals surface area contributed by atoms with Crippen LogP contribution in [0.3, 0.4) is 0 Å². The normalized spacial score (nSPS) is 28.2. The quantitative estimate of drug-likeness (QED) is 0.643. The van der Waals surface area contributed by atoms with Gasteiger partial charge in [0.25, 0.3) is 0 Å². The molecule has 3 atom stereocenters. The molecule has 0 heteroatoms. The summed E-state index contributed by atoms with van der Waals surface area (Å²) in [5.74, 6) is 2.24. The minimum Gasteiger partial charge on any atom is -0.0775 e. The van der Waals surface area contributed by atoms with Crippen LogP contribution >= 0.6 is 0 Å². The average Bonchev–Trinajstić information content (AvgIpc) is 3.08. The fraction of sp³-hybridized carbons (Fsp3) is 0.300. The molecule has 2 aromatic carbocycles. The Balaban J connectivity index is 1.53. The topological polar surface area (TPSA) is 0 Å². The fourth-order valence-corrected chi connectivity index (χ4v) is 4.03. The van der Waals surface area contributed by atoms with E-state index in [1.807, 2.05) is 0 Å². The van der Waals surface area contributed by atoms with E-state index in [0.717, 1.165) is 11.8 Å². The molecule has 0 saturated heterocycles. The van der Waals surface area contributed by atoms with Crippen LogP contribution in [0.1, 0.15) is 42.2 Å². The minimum absolute atomic E-state index is 0.660. The Morgan fingerprint density at radius 2 is 1.30 bits per heavy atom. The highest BCUT2D eigenvalue weighted by atomic mass is 14.4. The van der Waals surface area contributed by atoms with Crippen molar-refractivity contribution in [1.82, 2.24) is 0 Å². The molecule has 2 aliphatic carbocycles. The number of rotatable bonds is 2. The van der Waals surface area contributed by atoms with Gasteiger partial charge in [0, 0.05) is 5.92 Å². The first-order valence-corrected chi connectivity index (χ1v) is 7.70. The second-order valence-electron chi connectivity index (χ2n) is 6.24. The van der Waals surface area contributed by atoms with Crippen molar-refractivity contribution < 1.29 is 0 Å². The first-order chi connectivity index (χ1) is 9.90. The van der Waals surface area contributed by atoms with E-state index in [4.69, 9.17) is 0 Å². The zero-order valence-electron chi connectivity index (χ0n) is 11.7. The van der Waals surface area contributed by atoms with E-state index in [-0.39, 0.29) is 0 Å². The van der Waals surface area contributed by atoms with Crippen LogP contribution in [0, 0.1) is 5.92 Å². The molecule has 0 heterocycles. The highest BCUT2D eigenvalue weighted by Crippen LogP contribution is 2.51. The fourth-order valence-electron chi connectivity index (χ4n) is 4.03. The predicted molar refractivity (Wildman–Crippen MR) is 83.8 cm³/mol. The van der Waals surface area contributed by atoms with E-state index in [0.29, 0.717) is 5.92 Å². The highest BCUT2D eigenvalue weighted by Gasteiger charge is 2.36.